The number of sulfonamides is 1. The van der Waals surface area contributed by atoms with Crippen LogP contribution in [0.2, 0.25) is 0 Å². The summed E-state index contributed by atoms with van der Waals surface area (Å²) >= 11 is 0. The number of benzene rings is 1. The summed E-state index contributed by atoms with van der Waals surface area (Å²) in [5.74, 6) is 0.265. The molecule has 0 unspecified atom stereocenters. The molecule has 0 saturated carbocycles. The molecule has 2 atom stereocenters. The van der Waals surface area contributed by atoms with Crippen molar-refractivity contribution in [1.82, 2.24) is 19.1 Å². The number of hydrogen-bond donors (Lipinski definition) is 0. The van der Waals surface area contributed by atoms with Gasteiger partial charge in [0.05, 0.1) is 12.5 Å². The molecule has 2 saturated heterocycles. The summed E-state index contributed by atoms with van der Waals surface area (Å²) in [4.78, 5) is 2.14. The molecule has 1 aromatic carbocycles. The lowest BCUT2D eigenvalue weighted by atomic mass is 10.0. The van der Waals surface area contributed by atoms with Crippen molar-refractivity contribution in [1.29, 1.82) is 5.26 Å². The topological polar surface area (TPSA) is 95.1 Å². The fraction of sp³-hybridized carbons (Fsp3) is 0.464. The summed E-state index contributed by atoms with van der Waals surface area (Å²) < 4.78 is 45.9. The first-order valence-electron chi connectivity index (χ1n) is 13.0. The second kappa shape index (κ2) is 12.0. The van der Waals surface area contributed by atoms with Crippen LogP contribution in [0.5, 0.6) is 0 Å². The van der Waals surface area contributed by atoms with Crippen molar-refractivity contribution in [3.05, 3.63) is 78.2 Å². The van der Waals surface area contributed by atoms with Gasteiger partial charge in [-0.15, -0.1) is 10.2 Å². The fourth-order valence-corrected chi connectivity index (χ4v) is 7.60. The van der Waals surface area contributed by atoms with E-state index < -0.39 is 21.1 Å². The van der Waals surface area contributed by atoms with E-state index in [1.807, 2.05) is 36.6 Å². The minimum absolute atomic E-state index is 0.00245. The van der Waals surface area contributed by atoms with Gasteiger partial charge in [-0.2, -0.15) is 9.57 Å². The summed E-state index contributed by atoms with van der Waals surface area (Å²) in [6.45, 7) is 9.03. The molecule has 0 spiro atoms. The van der Waals surface area contributed by atoms with Gasteiger partial charge in [0.15, 0.2) is 0 Å². The Balaban J connectivity index is 1.46. The van der Waals surface area contributed by atoms with Crippen LogP contribution in [-0.2, 0) is 23.0 Å². The molecule has 10 heteroatoms. The second-order valence-electron chi connectivity index (χ2n) is 9.89. The van der Waals surface area contributed by atoms with Gasteiger partial charge in [-0.3, -0.25) is 0 Å². The lowest BCUT2D eigenvalue weighted by Crippen LogP contribution is -2.48. The van der Waals surface area contributed by atoms with Gasteiger partial charge in [-0.05, 0) is 57.2 Å². The van der Waals surface area contributed by atoms with E-state index in [-0.39, 0.29) is 25.0 Å². The van der Waals surface area contributed by atoms with Crippen LogP contribution in [0, 0.1) is 17.1 Å². The smallest absolute Gasteiger partial charge is 0.221 e. The molecule has 2 aliphatic rings. The highest BCUT2D eigenvalue weighted by Crippen LogP contribution is 2.34. The Labute approximate surface area is 224 Å². The molecular weight excluding hydrogens is 503 g/mol. The highest BCUT2D eigenvalue weighted by molar-refractivity contribution is 7.90. The molecule has 8 nitrogen and oxygen atoms in total. The lowest BCUT2D eigenvalue weighted by molar-refractivity contribution is 0.284. The van der Waals surface area contributed by atoms with Crippen molar-refractivity contribution in [3.63, 3.8) is 0 Å². The molecule has 2 aliphatic heterocycles. The molecule has 202 valence electrons. The number of rotatable bonds is 8. The maximum absolute atomic E-state index is 15.3. The zero-order valence-electron chi connectivity index (χ0n) is 22.0. The number of piperidine rings is 1. The minimum Gasteiger partial charge on any atom is -0.371 e. The Morgan fingerprint density at radius 1 is 1.26 bits per heavy atom. The molecule has 0 radical (unpaired) electrons. The number of aromatic nitrogens is 3. The molecule has 0 amide bonds. The first-order chi connectivity index (χ1) is 18.3. The lowest BCUT2D eigenvalue weighted by Gasteiger charge is -2.38. The Kier molecular flexibility index (Phi) is 8.80. The van der Waals surface area contributed by atoms with Crippen molar-refractivity contribution in [3.8, 4) is 6.07 Å². The van der Waals surface area contributed by atoms with Gasteiger partial charge in [0.2, 0.25) is 10.0 Å². The Morgan fingerprint density at radius 3 is 2.68 bits per heavy atom. The van der Waals surface area contributed by atoms with Gasteiger partial charge in [-0.1, -0.05) is 36.9 Å². The van der Waals surface area contributed by atoms with Gasteiger partial charge in [-0.25, -0.2) is 12.8 Å². The quantitative estimate of drug-likeness (QED) is 0.453. The predicted molar refractivity (Wildman–Crippen MR) is 146 cm³/mol. The zero-order chi connectivity index (χ0) is 27.3. The highest BCUT2D eigenvalue weighted by atomic mass is 32.2. The van der Waals surface area contributed by atoms with E-state index in [1.165, 1.54) is 10.4 Å². The predicted octanol–water partition coefficient (Wildman–Crippen LogP) is 4.70. The van der Waals surface area contributed by atoms with Crippen LogP contribution < -0.4 is 4.90 Å². The number of nitrogens with zero attached hydrogens (tertiary/aromatic N) is 6. The van der Waals surface area contributed by atoms with Crippen LogP contribution in [0.25, 0.3) is 0 Å². The molecule has 38 heavy (non-hydrogen) atoms. The van der Waals surface area contributed by atoms with Crippen LogP contribution in [0.15, 0.2) is 61.0 Å². The average molecular weight is 539 g/mol. The normalized spacial score (nSPS) is 23.0. The van der Waals surface area contributed by atoms with Gasteiger partial charge < -0.3 is 9.47 Å². The Morgan fingerprint density at radius 2 is 2.03 bits per heavy atom. The molecular formula is C28H35FN6O2S. The second-order valence-corrected chi connectivity index (χ2v) is 12.0. The average Bonchev–Trinajstić information content (AvgIpc) is 3.37. The molecule has 3 heterocycles. The van der Waals surface area contributed by atoms with Gasteiger partial charge >= 0.3 is 0 Å². The molecule has 0 N–H and O–H groups in total. The van der Waals surface area contributed by atoms with Crippen molar-refractivity contribution in [2.45, 2.75) is 69.8 Å². The van der Waals surface area contributed by atoms with E-state index in [4.69, 9.17) is 5.26 Å². The number of hydrogen-bond acceptors (Lipinski definition) is 6. The molecule has 4 rings (SSSR count). The SMILES string of the molecule is C=C/C(=C\C=C/C)[C@H]1CC[C@H](C)N(Cc2ccc(N3CCC(n4cnnc4CC#N)CC3)cc2F)S1(=O)=O. The third kappa shape index (κ3) is 5.74. The first-order valence-corrected chi connectivity index (χ1v) is 14.5. The Hall–Kier alpha value is -3.29. The Bertz CT molecular complexity index is 1350. The van der Waals surface area contributed by atoms with E-state index in [0.29, 0.717) is 29.8 Å². The molecule has 0 bridgehead atoms. The fourth-order valence-electron chi connectivity index (χ4n) is 5.40. The van der Waals surface area contributed by atoms with Crippen molar-refractivity contribution in [2.24, 2.45) is 0 Å². The maximum atomic E-state index is 15.3. The van der Waals surface area contributed by atoms with E-state index in [2.05, 4.69) is 27.7 Å². The molecule has 1 aromatic heterocycles. The van der Waals surface area contributed by atoms with Gasteiger partial charge in [0, 0.05) is 43.0 Å². The van der Waals surface area contributed by atoms with Crippen LogP contribution in [-0.4, -0.2) is 51.9 Å². The standard InChI is InChI=1S/C28H35FN6O2S/c1-4-6-7-22(5-2)27-11-8-21(3)35(38(27,36)37)19-23-9-10-25(18-26(23)29)33-16-13-24(14-17-33)34-20-31-32-28(34)12-15-30/h4-7,9-10,18,20-21,24,27H,2,8,11-14,16-17,19H2,1,3H3/b6-4-,22-7+/t21-,27+/m0/s1. The molecule has 2 aromatic rings. The molecule has 2 fully saturated rings. The van der Waals surface area contributed by atoms with E-state index in [9.17, 15) is 8.42 Å². The summed E-state index contributed by atoms with van der Waals surface area (Å²) in [5, 5.41) is 16.3. The summed E-state index contributed by atoms with van der Waals surface area (Å²) in [7, 11) is -3.69. The number of nitriles is 1. The summed E-state index contributed by atoms with van der Waals surface area (Å²) in [6, 6.07) is 7.20. The van der Waals surface area contributed by atoms with E-state index >= 15 is 4.39 Å². The van der Waals surface area contributed by atoms with Crippen molar-refractivity contribution in [2.75, 3.05) is 18.0 Å². The van der Waals surface area contributed by atoms with Gasteiger partial charge in [0.1, 0.15) is 23.2 Å². The number of halogens is 1. The van der Waals surface area contributed by atoms with Crippen LogP contribution in [0.4, 0.5) is 10.1 Å². The van der Waals surface area contributed by atoms with Crippen LogP contribution in [0.1, 0.15) is 57.0 Å². The van der Waals surface area contributed by atoms with Crippen LogP contribution in [0.3, 0.4) is 0 Å². The third-order valence-corrected chi connectivity index (χ3v) is 9.95. The van der Waals surface area contributed by atoms with Crippen molar-refractivity contribution >= 4 is 15.7 Å². The van der Waals surface area contributed by atoms with E-state index in [1.54, 1.807) is 24.5 Å². The van der Waals surface area contributed by atoms with E-state index in [0.717, 1.165) is 31.6 Å². The first kappa shape index (κ1) is 27.7. The minimum atomic E-state index is -3.69. The number of allylic oxidation sites excluding steroid dienone is 4. The monoisotopic (exact) mass is 538 g/mol. The molecule has 0 aliphatic carbocycles. The summed E-state index contributed by atoms with van der Waals surface area (Å²) in [5.41, 5.74) is 1.80. The largest absolute Gasteiger partial charge is 0.371 e. The zero-order valence-corrected chi connectivity index (χ0v) is 22.8. The third-order valence-electron chi connectivity index (χ3n) is 7.58. The van der Waals surface area contributed by atoms with Crippen molar-refractivity contribution < 1.29 is 12.8 Å². The summed E-state index contributed by atoms with van der Waals surface area (Å²) in [6.07, 6.45) is 11.8. The van der Waals surface area contributed by atoms with Gasteiger partial charge in [0.25, 0.3) is 0 Å². The maximum Gasteiger partial charge on any atom is 0.221 e. The van der Waals surface area contributed by atoms with Crippen LogP contribution >= 0.6 is 0 Å². The number of anilines is 1. The highest BCUT2D eigenvalue weighted by Gasteiger charge is 2.41.